The molecule has 10 unspecified atom stereocenters. The van der Waals surface area contributed by atoms with Crippen LogP contribution in [0, 0.1) is 0 Å². The van der Waals surface area contributed by atoms with Gasteiger partial charge in [0.05, 0.1) is 6.61 Å². The molecule has 2 saturated heterocycles. The first-order valence-electron chi connectivity index (χ1n) is 8.16. The van der Waals surface area contributed by atoms with Gasteiger partial charge in [-0.25, -0.2) is 0 Å². The number of hydrogen-bond acceptors (Lipinski definition) is 11. The molecule has 9 N–H and O–H groups in total. The van der Waals surface area contributed by atoms with Crippen LogP contribution in [0.5, 0.6) is 0 Å². The molecule has 2 aliphatic heterocycles. The standard InChI is InChI=1S/C14H26N2O10/c1-4(18)16-7-9(20)12(5(2-15)24-13(7)23)26-14-11(22)10(21)8(19)6(3-17)25-14/h5-14,17,19-23H,2-3,15H2,1H3,(H,16,18). The number of aliphatic hydroxyl groups excluding tert-OH is 6. The molecule has 2 fully saturated rings. The van der Waals surface area contributed by atoms with E-state index in [-0.39, 0.29) is 6.54 Å². The molecule has 26 heavy (non-hydrogen) atoms. The van der Waals surface area contributed by atoms with E-state index >= 15 is 0 Å². The van der Waals surface area contributed by atoms with Crippen LogP contribution in [0.2, 0.25) is 0 Å². The topological polar surface area (TPSA) is 204 Å². The SMILES string of the molecule is CC(=O)NC1C(O)OC(CN)C(OC2OC(CO)C(O)C(O)C2O)C1O. The van der Waals surface area contributed by atoms with Gasteiger partial charge in [-0.3, -0.25) is 4.79 Å². The lowest BCUT2D eigenvalue weighted by Crippen LogP contribution is -2.67. The number of amides is 1. The van der Waals surface area contributed by atoms with Crippen molar-refractivity contribution in [3.8, 4) is 0 Å². The van der Waals surface area contributed by atoms with Gasteiger partial charge in [-0.1, -0.05) is 0 Å². The molecular weight excluding hydrogens is 356 g/mol. The van der Waals surface area contributed by atoms with E-state index in [1.54, 1.807) is 0 Å². The summed E-state index contributed by atoms with van der Waals surface area (Å²) in [5, 5.41) is 61.6. The Hall–Kier alpha value is -0.930. The number of nitrogens with one attached hydrogen (secondary N) is 1. The number of nitrogens with two attached hydrogens (primary N) is 1. The molecule has 0 saturated carbocycles. The fourth-order valence-corrected chi connectivity index (χ4v) is 3.02. The van der Waals surface area contributed by atoms with Crippen LogP contribution in [0.4, 0.5) is 0 Å². The minimum atomic E-state index is -1.69. The van der Waals surface area contributed by atoms with Crippen molar-refractivity contribution in [3.05, 3.63) is 0 Å². The molecule has 0 spiro atoms. The highest BCUT2D eigenvalue weighted by Gasteiger charge is 2.50. The molecule has 1 amide bonds. The smallest absolute Gasteiger partial charge is 0.217 e. The molecule has 12 heteroatoms. The number of rotatable bonds is 5. The van der Waals surface area contributed by atoms with Gasteiger partial charge in [0.25, 0.3) is 0 Å². The van der Waals surface area contributed by atoms with E-state index in [1.165, 1.54) is 6.92 Å². The summed E-state index contributed by atoms with van der Waals surface area (Å²) in [6.07, 6.45) is -12.9. The van der Waals surface area contributed by atoms with Crippen molar-refractivity contribution in [1.29, 1.82) is 0 Å². The molecule has 0 aromatic carbocycles. The molecule has 10 atom stereocenters. The Morgan fingerprint density at radius 1 is 1.04 bits per heavy atom. The Bertz CT molecular complexity index is 481. The number of carbonyl (C=O) groups excluding carboxylic acids is 1. The zero-order valence-corrected chi connectivity index (χ0v) is 14.1. The third-order valence-electron chi connectivity index (χ3n) is 4.43. The first-order valence-corrected chi connectivity index (χ1v) is 8.16. The fourth-order valence-electron chi connectivity index (χ4n) is 3.02. The Morgan fingerprint density at radius 3 is 2.23 bits per heavy atom. The van der Waals surface area contributed by atoms with Gasteiger partial charge < -0.3 is 55.9 Å². The number of ether oxygens (including phenoxy) is 3. The molecular formula is C14H26N2O10. The average Bonchev–Trinajstić information content (AvgIpc) is 2.60. The lowest BCUT2D eigenvalue weighted by atomic mass is 9.95. The lowest BCUT2D eigenvalue weighted by Gasteiger charge is -2.46. The first kappa shape index (κ1) is 21.4. The molecule has 0 aromatic heterocycles. The molecule has 152 valence electrons. The monoisotopic (exact) mass is 382 g/mol. The minimum Gasteiger partial charge on any atom is -0.394 e. The average molecular weight is 382 g/mol. The molecule has 0 bridgehead atoms. The summed E-state index contributed by atoms with van der Waals surface area (Å²) < 4.78 is 16.0. The van der Waals surface area contributed by atoms with Crippen molar-refractivity contribution in [2.24, 2.45) is 5.73 Å². The van der Waals surface area contributed by atoms with Crippen molar-refractivity contribution in [2.45, 2.75) is 68.3 Å². The second-order valence-electron chi connectivity index (χ2n) is 6.32. The van der Waals surface area contributed by atoms with Gasteiger partial charge in [0.1, 0.15) is 48.8 Å². The Morgan fingerprint density at radius 2 is 1.69 bits per heavy atom. The molecule has 0 aromatic rings. The van der Waals surface area contributed by atoms with Gasteiger partial charge in [-0.2, -0.15) is 0 Å². The summed E-state index contributed by atoms with van der Waals surface area (Å²) in [4.78, 5) is 11.3. The van der Waals surface area contributed by atoms with Crippen LogP contribution in [-0.4, -0.2) is 111 Å². The van der Waals surface area contributed by atoms with Gasteiger partial charge in [0.15, 0.2) is 12.6 Å². The van der Waals surface area contributed by atoms with E-state index in [1.807, 2.05) is 0 Å². The maximum absolute atomic E-state index is 11.3. The minimum absolute atomic E-state index is 0.178. The molecule has 12 nitrogen and oxygen atoms in total. The summed E-state index contributed by atoms with van der Waals surface area (Å²) in [5.74, 6) is -0.533. The van der Waals surface area contributed by atoms with Crippen molar-refractivity contribution in [2.75, 3.05) is 13.2 Å². The van der Waals surface area contributed by atoms with E-state index in [4.69, 9.17) is 19.9 Å². The van der Waals surface area contributed by atoms with Crippen LogP contribution >= 0.6 is 0 Å². The quantitative estimate of drug-likeness (QED) is 0.225. The highest BCUT2D eigenvalue weighted by molar-refractivity contribution is 5.73. The van der Waals surface area contributed by atoms with Gasteiger partial charge in [-0.05, 0) is 0 Å². The van der Waals surface area contributed by atoms with Gasteiger partial charge in [-0.15, -0.1) is 0 Å². The summed E-state index contributed by atoms with van der Waals surface area (Å²) in [7, 11) is 0. The molecule has 2 heterocycles. The van der Waals surface area contributed by atoms with E-state index in [9.17, 15) is 35.4 Å². The van der Waals surface area contributed by atoms with E-state index in [0.717, 1.165) is 0 Å². The van der Waals surface area contributed by atoms with E-state index < -0.39 is 73.9 Å². The zero-order chi connectivity index (χ0) is 19.6. The van der Waals surface area contributed by atoms with Crippen LogP contribution in [0.1, 0.15) is 6.92 Å². The highest BCUT2D eigenvalue weighted by atomic mass is 16.7. The van der Waals surface area contributed by atoms with Crippen molar-refractivity contribution in [3.63, 3.8) is 0 Å². The third-order valence-corrected chi connectivity index (χ3v) is 4.43. The predicted octanol–water partition coefficient (Wildman–Crippen LogP) is -5.29. The van der Waals surface area contributed by atoms with Crippen molar-refractivity contribution in [1.82, 2.24) is 5.32 Å². The van der Waals surface area contributed by atoms with Crippen LogP contribution in [-0.2, 0) is 19.0 Å². The van der Waals surface area contributed by atoms with Gasteiger partial charge in [0.2, 0.25) is 5.91 Å². The van der Waals surface area contributed by atoms with Crippen molar-refractivity contribution < 1.29 is 49.6 Å². The van der Waals surface area contributed by atoms with Gasteiger partial charge >= 0.3 is 0 Å². The van der Waals surface area contributed by atoms with Crippen LogP contribution in [0.25, 0.3) is 0 Å². The van der Waals surface area contributed by atoms with Crippen LogP contribution < -0.4 is 11.1 Å². The van der Waals surface area contributed by atoms with E-state index in [2.05, 4.69) is 5.32 Å². The highest BCUT2D eigenvalue weighted by Crippen LogP contribution is 2.28. The largest absolute Gasteiger partial charge is 0.394 e. The second-order valence-corrected chi connectivity index (χ2v) is 6.32. The third kappa shape index (κ3) is 4.31. The molecule has 2 aliphatic rings. The number of hydrogen-bond donors (Lipinski definition) is 8. The molecule has 0 aliphatic carbocycles. The summed E-state index contributed by atoms with van der Waals surface area (Å²) in [6, 6.07) is -1.23. The summed E-state index contributed by atoms with van der Waals surface area (Å²) in [5.41, 5.74) is 5.56. The normalized spacial score (nSPS) is 46.8. The second kappa shape index (κ2) is 8.84. The number of aliphatic hydroxyl groups is 6. The Balaban J connectivity index is 2.16. The fraction of sp³-hybridized carbons (Fsp3) is 0.929. The van der Waals surface area contributed by atoms with Gasteiger partial charge in [0, 0.05) is 13.5 Å². The van der Waals surface area contributed by atoms with Crippen LogP contribution in [0.3, 0.4) is 0 Å². The predicted molar refractivity (Wildman–Crippen MR) is 82.2 cm³/mol. The molecule has 2 rings (SSSR count). The zero-order valence-electron chi connectivity index (χ0n) is 14.1. The summed E-state index contributed by atoms with van der Waals surface area (Å²) >= 11 is 0. The Labute approximate surface area is 149 Å². The first-order chi connectivity index (χ1) is 12.2. The van der Waals surface area contributed by atoms with Crippen LogP contribution in [0.15, 0.2) is 0 Å². The maximum Gasteiger partial charge on any atom is 0.217 e. The van der Waals surface area contributed by atoms with Crippen molar-refractivity contribution >= 4 is 5.91 Å². The number of carbonyl (C=O) groups is 1. The maximum atomic E-state index is 11.3. The Kier molecular flexibility index (Phi) is 7.27. The lowest BCUT2D eigenvalue weighted by molar-refractivity contribution is -0.342. The van der Waals surface area contributed by atoms with E-state index in [0.29, 0.717) is 0 Å². The summed E-state index contributed by atoms with van der Waals surface area (Å²) in [6.45, 7) is 0.354. The molecule has 0 radical (unpaired) electrons.